The van der Waals surface area contributed by atoms with E-state index in [9.17, 15) is 9.59 Å². The van der Waals surface area contributed by atoms with Crippen molar-refractivity contribution in [3.63, 3.8) is 0 Å². The molecule has 2 N–H and O–H groups in total. The molecule has 4 nitrogen and oxygen atoms in total. The monoisotopic (exact) mass is 251 g/mol. The first kappa shape index (κ1) is 13.3. The molecule has 0 atom stereocenters. The van der Waals surface area contributed by atoms with Gasteiger partial charge < -0.3 is 10.4 Å². The van der Waals surface area contributed by atoms with Gasteiger partial charge in [-0.2, -0.15) is 0 Å². The Bertz CT molecular complexity index is 469. The molecule has 0 spiro atoms. The van der Waals surface area contributed by atoms with E-state index in [1.54, 1.807) is 25.2 Å². The summed E-state index contributed by atoms with van der Waals surface area (Å²) in [5.74, 6) is -1.07. The summed E-state index contributed by atoms with van der Waals surface area (Å²) in [5.41, 5.74) is 0.864. The molecular formula is C12H13NO3S. The fourth-order valence-corrected chi connectivity index (χ4v) is 1.86. The van der Waals surface area contributed by atoms with E-state index in [2.05, 4.69) is 5.32 Å². The van der Waals surface area contributed by atoms with Crippen molar-refractivity contribution in [2.75, 3.05) is 13.3 Å². The third-order valence-corrected chi connectivity index (χ3v) is 2.92. The Labute approximate surface area is 104 Å². The zero-order valence-electron chi connectivity index (χ0n) is 9.56. The maximum atomic E-state index is 11.1. The fraction of sp³-hybridized carbons (Fsp3) is 0.167. The highest BCUT2D eigenvalue weighted by molar-refractivity contribution is 7.98. The normalized spacial score (nSPS) is 11.1. The van der Waals surface area contributed by atoms with E-state index in [0.29, 0.717) is 17.4 Å². The molecule has 0 unspecified atom stereocenters. The van der Waals surface area contributed by atoms with E-state index in [1.165, 1.54) is 18.0 Å². The van der Waals surface area contributed by atoms with Crippen molar-refractivity contribution in [1.82, 2.24) is 5.32 Å². The second-order valence-electron chi connectivity index (χ2n) is 3.22. The molecule has 0 amide bonds. The van der Waals surface area contributed by atoms with Crippen molar-refractivity contribution in [2.24, 2.45) is 0 Å². The maximum Gasteiger partial charge on any atom is 0.337 e. The number of carbonyl (C=O) groups excluding carboxylic acids is 1. The number of carbonyl (C=O) groups is 2. The molecule has 17 heavy (non-hydrogen) atoms. The van der Waals surface area contributed by atoms with Gasteiger partial charge in [-0.3, -0.25) is 4.79 Å². The molecule has 1 rings (SSSR count). The predicted octanol–water partition coefficient (Wildman–Crippen LogP) is 1.87. The first-order chi connectivity index (χ1) is 8.13. The maximum absolute atomic E-state index is 11.1. The Kier molecular flexibility index (Phi) is 4.78. The summed E-state index contributed by atoms with van der Waals surface area (Å²) in [6.45, 7) is 0. The molecule has 0 radical (unpaired) electrons. The van der Waals surface area contributed by atoms with Crippen molar-refractivity contribution in [2.45, 2.75) is 4.90 Å². The molecule has 1 aromatic carbocycles. The molecule has 5 heteroatoms. The molecule has 0 aliphatic rings. The number of hydrogen-bond acceptors (Lipinski definition) is 4. The van der Waals surface area contributed by atoms with Crippen LogP contribution >= 0.6 is 11.8 Å². The molecule has 0 saturated carbocycles. The Hall–Kier alpha value is -1.75. The summed E-state index contributed by atoms with van der Waals surface area (Å²) < 4.78 is 0. The molecule has 0 bridgehead atoms. The number of thioether (sulfide) groups is 1. The van der Waals surface area contributed by atoms with Crippen LogP contribution in [0.2, 0.25) is 0 Å². The van der Waals surface area contributed by atoms with Crippen molar-refractivity contribution < 1.29 is 14.7 Å². The predicted molar refractivity (Wildman–Crippen MR) is 68.3 cm³/mol. The van der Waals surface area contributed by atoms with Gasteiger partial charge >= 0.3 is 5.97 Å². The second-order valence-corrected chi connectivity index (χ2v) is 4.10. The second kappa shape index (κ2) is 6.10. The van der Waals surface area contributed by atoms with Crippen LogP contribution in [0.4, 0.5) is 0 Å². The third kappa shape index (κ3) is 3.10. The lowest BCUT2D eigenvalue weighted by molar-refractivity contribution is -0.130. The van der Waals surface area contributed by atoms with Gasteiger partial charge in [0.1, 0.15) is 0 Å². The minimum atomic E-state index is -1.07. The number of aldehydes is 1. The van der Waals surface area contributed by atoms with Gasteiger partial charge in [0.15, 0.2) is 6.29 Å². The molecule has 0 heterocycles. The third-order valence-electron chi connectivity index (χ3n) is 2.19. The summed E-state index contributed by atoms with van der Waals surface area (Å²) in [6, 6.07) is 5.12. The van der Waals surface area contributed by atoms with E-state index in [0.717, 1.165) is 4.90 Å². The SMILES string of the molecule is CN/C=C(/C(=O)O)c1ccc(SC)cc1C=O. The number of benzene rings is 1. The van der Waals surface area contributed by atoms with E-state index in [1.807, 2.05) is 6.26 Å². The Morgan fingerprint density at radius 2 is 2.18 bits per heavy atom. The topological polar surface area (TPSA) is 66.4 Å². The average molecular weight is 251 g/mol. The van der Waals surface area contributed by atoms with Crippen molar-refractivity contribution in [1.29, 1.82) is 0 Å². The van der Waals surface area contributed by atoms with E-state index >= 15 is 0 Å². The number of carboxylic acid groups (broad SMARTS) is 1. The highest BCUT2D eigenvalue weighted by Gasteiger charge is 2.14. The number of nitrogens with one attached hydrogen (secondary N) is 1. The lowest BCUT2D eigenvalue weighted by atomic mass is 10.0. The van der Waals surface area contributed by atoms with Crippen molar-refractivity contribution in [3.05, 3.63) is 35.5 Å². The van der Waals surface area contributed by atoms with Crippen LogP contribution in [0, 0.1) is 0 Å². The van der Waals surface area contributed by atoms with Gasteiger partial charge in [-0.1, -0.05) is 6.07 Å². The highest BCUT2D eigenvalue weighted by Crippen LogP contribution is 2.23. The van der Waals surface area contributed by atoms with Crippen LogP contribution in [0.25, 0.3) is 5.57 Å². The van der Waals surface area contributed by atoms with Gasteiger partial charge in [0.05, 0.1) is 5.57 Å². The van der Waals surface area contributed by atoms with E-state index in [-0.39, 0.29) is 5.57 Å². The van der Waals surface area contributed by atoms with Crippen LogP contribution in [-0.2, 0) is 4.79 Å². The first-order valence-electron chi connectivity index (χ1n) is 4.88. The number of aliphatic carboxylic acids is 1. The largest absolute Gasteiger partial charge is 0.478 e. The summed E-state index contributed by atoms with van der Waals surface area (Å²) in [7, 11) is 1.61. The smallest absolute Gasteiger partial charge is 0.337 e. The summed E-state index contributed by atoms with van der Waals surface area (Å²) >= 11 is 1.50. The van der Waals surface area contributed by atoms with Gasteiger partial charge in [0.25, 0.3) is 0 Å². The van der Waals surface area contributed by atoms with Crippen molar-refractivity contribution in [3.8, 4) is 0 Å². The summed E-state index contributed by atoms with van der Waals surface area (Å²) in [6.07, 6.45) is 3.93. The standard InChI is InChI=1S/C12H13NO3S/c1-13-6-11(12(15)16)10-4-3-9(17-2)5-8(10)7-14/h3-7,13H,1-2H3,(H,15,16)/b11-6+. The Morgan fingerprint density at radius 1 is 1.47 bits per heavy atom. The minimum absolute atomic E-state index is 0.0715. The van der Waals surface area contributed by atoms with E-state index < -0.39 is 5.97 Å². The first-order valence-corrected chi connectivity index (χ1v) is 6.10. The zero-order valence-corrected chi connectivity index (χ0v) is 10.4. The van der Waals surface area contributed by atoms with Gasteiger partial charge in [0, 0.05) is 29.3 Å². The Balaban J connectivity index is 3.33. The van der Waals surface area contributed by atoms with Crippen LogP contribution in [0.3, 0.4) is 0 Å². The lowest BCUT2D eigenvalue weighted by Gasteiger charge is -2.07. The van der Waals surface area contributed by atoms with Crippen LogP contribution < -0.4 is 5.32 Å². The molecular weight excluding hydrogens is 238 g/mol. The highest BCUT2D eigenvalue weighted by atomic mass is 32.2. The van der Waals surface area contributed by atoms with Gasteiger partial charge in [-0.05, 0) is 18.4 Å². The summed E-state index contributed by atoms with van der Waals surface area (Å²) in [5, 5.41) is 11.7. The quantitative estimate of drug-likeness (QED) is 0.475. The molecule has 0 aliphatic heterocycles. The van der Waals surface area contributed by atoms with Gasteiger partial charge in [-0.15, -0.1) is 11.8 Å². The fourth-order valence-electron chi connectivity index (χ4n) is 1.41. The molecule has 0 aliphatic carbocycles. The molecule has 90 valence electrons. The van der Waals surface area contributed by atoms with Gasteiger partial charge in [0.2, 0.25) is 0 Å². The molecule has 0 aromatic heterocycles. The molecule has 1 aromatic rings. The number of rotatable bonds is 5. The lowest BCUT2D eigenvalue weighted by Crippen LogP contribution is -2.07. The Morgan fingerprint density at radius 3 is 2.65 bits per heavy atom. The van der Waals surface area contributed by atoms with Crippen molar-refractivity contribution >= 4 is 29.6 Å². The van der Waals surface area contributed by atoms with Crippen LogP contribution in [0.5, 0.6) is 0 Å². The zero-order chi connectivity index (χ0) is 12.8. The van der Waals surface area contributed by atoms with E-state index in [4.69, 9.17) is 5.11 Å². The number of hydrogen-bond donors (Lipinski definition) is 2. The number of carboxylic acids is 1. The van der Waals surface area contributed by atoms with Crippen LogP contribution in [0.1, 0.15) is 15.9 Å². The molecule has 0 saturated heterocycles. The van der Waals surface area contributed by atoms with Crippen LogP contribution in [0.15, 0.2) is 29.3 Å². The van der Waals surface area contributed by atoms with Gasteiger partial charge in [-0.25, -0.2) is 4.79 Å². The average Bonchev–Trinajstić information content (AvgIpc) is 2.35. The summed E-state index contributed by atoms with van der Waals surface area (Å²) in [4.78, 5) is 23.0. The van der Waals surface area contributed by atoms with Crippen LogP contribution in [-0.4, -0.2) is 30.7 Å². The minimum Gasteiger partial charge on any atom is -0.478 e. The molecule has 0 fully saturated rings.